The lowest BCUT2D eigenvalue weighted by Gasteiger charge is -2.17. The summed E-state index contributed by atoms with van der Waals surface area (Å²) in [5.74, 6) is -0.387. The number of benzene rings is 2. The Bertz CT molecular complexity index is 913. The molecule has 0 aliphatic rings. The molecule has 138 valence electrons. The van der Waals surface area contributed by atoms with Gasteiger partial charge in [0, 0.05) is 12.6 Å². The number of ether oxygens (including phenoxy) is 1. The summed E-state index contributed by atoms with van der Waals surface area (Å²) in [4.78, 5) is 23.5. The number of para-hydroxylation sites is 1. The number of ketones is 1. The number of aryl methyl sites for hydroxylation is 2. The van der Waals surface area contributed by atoms with Gasteiger partial charge < -0.3 is 4.74 Å². The number of likely N-dealkylation sites (N-methyl/N-ethyl adjacent to an activating group) is 1. The molecule has 0 radical (unpaired) electrons. The van der Waals surface area contributed by atoms with Crippen LogP contribution < -0.4 is 4.74 Å². The first-order valence-corrected chi connectivity index (χ1v) is 9.41. The first-order chi connectivity index (χ1) is 12.1. The molecule has 0 heterocycles. The summed E-state index contributed by atoms with van der Waals surface area (Å²) in [7, 11) is -2.56. The van der Waals surface area contributed by atoms with Crippen molar-refractivity contribution >= 4 is 21.8 Å². The van der Waals surface area contributed by atoms with Crippen molar-refractivity contribution in [1.29, 1.82) is 0 Å². The minimum Gasteiger partial charge on any atom is -0.425 e. The Morgan fingerprint density at radius 2 is 1.54 bits per heavy atom. The van der Waals surface area contributed by atoms with Gasteiger partial charge >= 0.3 is 5.97 Å². The Morgan fingerprint density at radius 1 is 1.00 bits per heavy atom. The van der Waals surface area contributed by atoms with E-state index in [-0.39, 0.29) is 10.7 Å². The number of nitrogens with zero attached hydrogens (tertiary/aromatic N) is 1. The fourth-order valence-electron chi connectivity index (χ4n) is 2.41. The highest BCUT2D eigenvalue weighted by atomic mass is 32.2. The molecular formula is C19H21NO5S. The first-order valence-electron chi connectivity index (χ1n) is 7.97. The lowest BCUT2D eigenvalue weighted by molar-refractivity contribution is -0.134. The largest absolute Gasteiger partial charge is 0.425 e. The fraction of sp³-hybridized carbons (Fsp3) is 0.263. The summed E-state index contributed by atoms with van der Waals surface area (Å²) in [6.45, 7) is 4.60. The zero-order chi connectivity index (χ0) is 19.5. The highest BCUT2D eigenvalue weighted by Crippen LogP contribution is 2.23. The Labute approximate surface area is 153 Å². The van der Waals surface area contributed by atoms with Gasteiger partial charge in [-0.15, -0.1) is 0 Å². The third-order valence-electron chi connectivity index (χ3n) is 3.95. The monoisotopic (exact) mass is 375 g/mol. The zero-order valence-corrected chi connectivity index (χ0v) is 16.0. The fourth-order valence-corrected chi connectivity index (χ4v) is 3.53. The van der Waals surface area contributed by atoms with Gasteiger partial charge in [0.15, 0.2) is 5.78 Å². The van der Waals surface area contributed by atoms with Crippen LogP contribution in [0.2, 0.25) is 0 Å². The minimum absolute atomic E-state index is 0.00451. The van der Waals surface area contributed by atoms with Crippen molar-refractivity contribution in [2.45, 2.75) is 25.7 Å². The van der Waals surface area contributed by atoms with Gasteiger partial charge in [0.05, 0.1) is 4.90 Å². The molecule has 2 aromatic carbocycles. The van der Waals surface area contributed by atoms with Gasteiger partial charge in [-0.25, -0.2) is 8.42 Å². The number of rotatable bonds is 6. The third kappa shape index (κ3) is 4.36. The summed E-state index contributed by atoms with van der Waals surface area (Å²) >= 11 is 0. The number of esters is 1. The molecule has 0 saturated heterocycles. The predicted molar refractivity (Wildman–Crippen MR) is 97.8 cm³/mol. The average molecular weight is 375 g/mol. The van der Waals surface area contributed by atoms with E-state index < -0.39 is 22.5 Å². The topological polar surface area (TPSA) is 80.8 Å². The maximum atomic E-state index is 12.6. The Kier molecular flexibility index (Phi) is 5.94. The maximum absolute atomic E-state index is 12.6. The van der Waals surface area contributed by atoms with E-state index in [0.717, 1.165) is 15.4 Å². The smallest absolute Gasteiger partial charge is 0.326 e. The van der Waals surface area contributed by atoms with E-state index in [1.807, 2.05) is 32.0 Å². The molecule has 2 rings (SSSR count). The quantitative estimate of drug-likeness (QED) is 0.441. The van der Waals surface area contributed by atoms with Crippen LogP contribution in [0.3, 0.4) is 0 Å². The van der Waals surface area contributed by atoms with E-state index in [1.54, 1.807) is 0 Å². The van der Waals surface area contributed by atoms with Crippen LogP contribution >= 0.6 is 0 Å². The molecule has 0 unspecified atom stereocenters. The summed E-state index contributed by atoms with van der Waals surface area (Å²) in [6, 6.07) is 11.1. The van der Waals surface area contributed by atoms with Gasteiger partial charge in [-0.1, -0.05) is 30.3 Å². The SMILES string of the molecule is CC(=O)c1ccc(S(=O)(=O)N(C)CC(=O)Oc2c(C)cccc2C)cc1. The van der Waals surface area contributed by atoms with Crippen LogP contribution in [-0.2, 0) is 14.8 Å². The Morgan fingerprint density at radius 3 is 2.04 bits per heavy atom. The van der Waals surface area contributed by atoms with Crippen LogP contribution in [-0.4, -0.2) is 38.1 Å². The van der Waals surface area contributed by atoms with Gasteiger partial charge in [0.25, 0.3) is 0 Å². The van der Waals surface area contributed by atoms with Gasteiger partial charge in [0.1, 0.15) is 12.3 Å². The number of carbonyl (C=O) groups excluding carboxylic acids is 2. The van der Waals surface area contributed by atoms with Crippen molar-refractivity contribution in [1.82, 2.24) is 4.31 Å². The average Bonchev–Trinajstić information content (AvgIpc) is 2.58. The summed E-state index contributed by atoms with van der Waals surface area (Å²) < 4.78 is 31.4. The number of sulfonamides is 1. The standard InChI is InChI=1S/C19H21NO5S/c1-13-6-5-7-14(2)19(13)25-18(22)12-20(4)26(23,24)17-10-8-16(9-11-17)15(3)21/h5-11H,12H2,1-4H3. The van der Waals surface area contributed by atoms with Crippen LogP contribution in [0, 0.1) is 13.8 Å². The van der Waals surface area contributed by atoms with Crippen molar-refractivity contribution in [3.05, 3.63) is 59.2 Å². The van der Waals surface area contributed by atoms with Crippen LogP contribution in [0.4, 0.5) is 0 Å². The van der Waals surface area contributed by atoms with Crippen LogP contribution in [0.15, 0.2) is 47.4 Å². The van der Waals surface area contributed by atoms with E-state index >= 15 is 0 Å². The molecule has 0 bridgehead atoms. The molecule has 0 aliphatic heterocycles. The molecule has 0 atom stereocenters. The van der Waals surface area contributed by atoms with E-state index in [2.05, 4.69) is 0 Å². The normalized spacial score (nSPS) is 11.4. The van der Waals surface area contributed by atoms with Crippen molar-refractivity contribution < 1.29 is 22.7 Å². The van der Waals surface area contributed by atoms with Crippen LogP contribution in [0.25, 0.3) is 0 Å². The maximum Gasteiger partial charge on any atom is 0.326 e. The van der Waals surface area contributed by atoms with Gasteiger partial charge in [0.2, 0.25) is 10.0 Å². The molecule has 0 spiro atoms. The molecule has 26 heavy (non-hydrogen) atoms. The second-order valence-corrected chi connectivity index (χ2v) is 8.08. The molecule has 0 saturated carbocycles. The molecule has 0 amide bonds. The van der Waals surface area contributed by atoms with Gasteiger partial charge in [-0.05, 0) is 44.0 Å². The number of hydrogen-bond acceptors (Lipinski definition) is 5. The minimum atomic E-state index is -3.87. The highest BCUT2D eigenvalue weighted by molar-refractivity contribution is 7.89. The molecule has 0 fully saturated rings. The summed E-state index contributed by atoms with van der Waals surface area (Å²) in [5, 5.41) is 0. The molecular weight excluding hydrogens is 354 g/mol. The summed E-state index contributed by atoms with van der Waals surface area (Å²) in [6.07, 6.45) is 0. The van der Waals surface area contributed by atoms with Gasteiger partial charge in [-0.3, -0.25) is 9.59 Å². The molecule has 0 aliphatic carbocycles. The van der Waals surface area contributed by atoms with Crippen molar-refractivity contribution in [3.63, 3.8) is 0 Å². The van der Waals surface area contributed by atoms with Crippen molar-refractivity contribution in [3.8, 4) is 5.75 Å². The second-order valence-electron chi connectivity index (χ2n) is 6.04. The number of hydrogen-bond donors (Lipinski definition) is 0. The number of carbonyl (C=O) groups is 2. The molecule has 7 heteroatoms. The lowest BCUT2D eigenvalue weighted by atomic mass is 10.1. The first kappa shape index (κ1) is 19.8. The zero-order valence-electron chi connectivity index (χ0n) is 15.1. The molecule has 2 aromatic rings. The molecule has 0 N–H and O–H groups in total. The Balaban J connectivity index is 2.13. The van der Waals surface area contributed by atoms with E-state index in [4.69, 9.17) is 4.74 Å². The Hall–Kier alpha value is -2.51. The van der Waals surface area contributed by atoms with E-state index in [0.29, 0.717) is 11.3 Å². The summed E-state index contributed by atoms with van der Waals surface area (Å²) in [5.41, 5.74) is 2.01. The number of Topliss-reactive ketones (excluding diaryl/α,β-unsaturated/α-hetero) is 1. The van der Waals surface area contributed by atoms with E-state index in [9.17, 15) is 18.0 Å². The van der Waals surface area contributed by atoms with E-state index in [1.165, 1.54) is 38.2 Å². The van der Waals surface area contributed by atoms with Crippen LogP contribution in [0.1, 0.15) is 28.4 Å². The molecule has 0 aromatic heterocycles. The van der Waals surface area contributed by atoms with Crippen LogP contribution in [0.5, 0.6) is 5.75 Å². The third-order valence-corrected chi connectivity index (χ3v) is 5.76. The lowest BCUT2D eigenvalue weighted by Crippen LogP contribution is -2.34. The second kappa shape index (κ2) is 7.80. The van der Waals surface area contributed by atoms with Crippen molar-refractivity contribution in [2.75, 3.05) is 13.6 Å². The highest BCUT2D eigenvalue weighted by Gasteiger charge is 2.24. The predicted octanol–water partition coefficient (Wildman–Crippen LogP) is 2.73. The molecule has 6 nitrogen and oxygen atoms in total. The van der Waals surface area contributed by atoms with Crippen molar-refractivity contribution in [2.24, 2.45) is 0 Å². The van der Waals surface area contributed by atoms with Gasteiger partial charge in [-0.2, -0.15) is 4.31 Å².